The number of rotatable bonds is 6. The van der Waals surface area contributed by atoms with Crippen molar-refractivity contribution in [3.05, 3.63) is 108 Å². The Bertz CT molecular complexity index is 1460. The molecular weight excluding hydrogens is 450 g/mol. The monoisotopic (exact) mass is 470 g/mol. The Morgan fingerprint density at radius 2 is 1.54 bits per heavy atom. The third-order valence-corrected chi connectivity index (χ3v) is 5.46. The maximum Gasteiger partial charge on any atom is 0.324 e. The van der Waals surface area contributed by atoms with E-state index in [1.807, 2.05) is 54.6 Å². The molecule has 8 heteroatoms. The smallest absolute Gasteiger partial charge is 0.324 e. The third-order valence-electron chi connectivity index (χ3n) is 5.46. The number of hydrogen-bond acceptors (Lipinski definition) is 3. The Labute approximate surface area is 199 Å². The van der Waals surface area contributed by atoms with Gasteiger partial charge in [-0.15, -0.1) is 0 Å². The number of H-pyrrole nitrogens is 1. The van der Waals surface area contributed by atoms with Crippen LogP contribution in [0.15, 0.2) is 91.0 Å². The molecule has 1 aromatic heterocycles. The predicted octanol–water partition coefficient (Wildman–Crippen LogP) is 6.73. The van der Waals surface area contributed by atoms with E-state index >= 15 is 0 Å². The number of halogens is 2. The zero-order valence-electron chi connectivity index (χ0n) is 18.4. The van der Waals surface area contributed by atoms with Gasteiger partial charge in [0.25, 0.3) is 0 Å². The van der Waals surface area contributed by atoms with Gasteiger partial charge in [0.1, 0.15) is 24.0 Å². The van der Waals surface area contributed by atoms with Gasteiger partial charge in [0.15, 0.2) is 5.82 Å². The lowest BCUT2D eigenvalue weighted by Crippen LogP contribution is -2.19. The minimum atomic E-state index is -0.676. The van der Waals surface area contributed by atoms with Crippen molar-refractivity contribution < 1.29 is 18.3 Å². The number of nitrogens with one attached hydrogen (secondary N) is 3. The van der Waals surface area contributed by atoms with Crippen LogP contribution in [0.2, 0.25) is 0 Å². The highest BCUT2D eigenvalue weighted by Crippen LogP contribution is 2.27. The average Bonchev–Trinajstić information content (AvgIpc) is 3.26. The molecule has 174 valence electrons. The summed E-state index contributed by atoms with van der Waals surface area (Å²) in [5.41, 5.74) is 3.26. The Morgan fingerprint density at radius 3 is 2.29 bits per heavy atom. The van der Waals surface area contributed by atoms with Crippen LogP contribution >= 0.6 is 0 Å². The van der Waals surface area contributed by atoms with Crippen molar-refractivity contribution in [3.8, 4) is 16.9 Å². The molecular formula is C27H20F2N4O2. The molecule has 0 bridgehead atoms. The maximum atomic E-state index is 13.9. The molecule has 35 heavy (non-hydrogen) atoms. The van der Waals surface area contributed by atoms with Crippen LogP contribution in [0.1, 0.15) is 5.56 Å². The number of aromatic nitrogens is 2. The van der Waals surface area contributed by atoms with Crippen molar-refractivity contribution in [1.29, 1.82) is 0 Å². The van der Waals surface area contributed by atoms with Crippen LogP contribution in [0, 0.1) is 11.6 Å². The molecule has 0 atom stereocenters. The average molecular weight is 470 g/mol. The van der Waals surface area contributed by atoms with Crippen molar-refractivity contribution in [2.24, 2.45) is 0 Å². The minimum Gasteiger partial charge on any atom is -0.489 e. The molecule has 0 aliphatic heterocycles. The van der Waals surface area contributed by atoms with E-state index in [9.17, 15) is 13.6 Å². The lowest BCUT2D eigenvalue weighted by atomic mass is 10.1. The van der Waals surface area contributed by atoms with Gasteiger partial charge in [-0.3, -0.25) is 10.4 Å². The molecule has 4 aromatic carbocycles. The molecule has 0 spiro atoms. The van der Waals surface area contributed by atoms with Crippen LogP contribution < -0.4 is 15.4 Å². The first-order valence-corrected chi connectivity index (χ1v) is 10.8. The highest BCUT2D eigenvalue weighted by molar-refractivity contribution is 6.04. The van der Waals surface area contributed by atoms with Gasteiger partial charge in [-0.1, -0.05) is 48.5 Å². The standard InChI is InChI=1S/C27H20F2N4O2/c28-23-7-4-8-24(29)22(23)16-35-20-13-14-25-21(15-20)26(33-32-25)31-27(34)30-19-11-9-18(10-12-19)17-5-2-1-3-6-17/h1-15H,16H2,(H3,30,31,32,33,34). The maximum absolute atomic E-state index is 13.9. The second kappa shape index (κ2) is 9.64. The van der Waals surface area contributed by atoms with E-state index in [0.717, 1.165) is 11.1 Å². The number of anilines is 2. The van der Waals surface area contributed by atoms with Gasteiger partial charge in [-0.2, -0.15) is 5.10 Å². The number of fused-ring (bicyclic) bond motifs is 1. The SMILES string of the molecule is O=C(Nc1ccc(-c2ccccc2)cc1)Nc1n[nH]c2ccc(OCc3c(F)cccc3F)cc12. The normalized spacial score (nSPS) is 10.8. The number of amides is 2. The fourth-order valence-corrected chi connectivity index (χ4v) is 3.65. The molecule has 0 saturated carbocycles. The number of urea groups is 1. The first-order valence-electron chi connectivity index (χ1n) is 10.8. The summed E-state index contributed by atoms with van der Waals surface area (Å²) in [5.74, 6) is -0.683. The predicted molar refractivity (Wildman–Crippen MR) is 131 cm³/mol. The minimum absolute atomic E-state index is 0.157. The largest absolute Gasteiger partial charge is 0.489 e. The Morgan fingerprint density at radius 1 is 0.829 bits per heavy atom. The van der Waals surface area contributed by atoms with Gasteiger partial charge >= 0.3 is 6.03 Å². The van der Waals surface area contributed by atoms with Gasteiger partial charge in [-0.25, -0.2) is 13.6 Å². The van der Waals surface area contributed by atoms with E-state index in [-0.39, 0.29) is 12.2 Å². The zero-order chi connectivity index (χ0) is 24.2. The van der Waals surface area contributed by atoms with E-state index in [2.05, 4.69) is 20.8 Å². The first kappa shape index (κ1) is 22.1. The lowest BCUT2D eigenvalue weighted by molar-refractivity contribution is 0.262. The Balaban J connectivity index is 1.26. The fourth-order valence-electron chi connectivity index (χ4n) is 3.65. The van der Waals surface area contributed by atoms with Crippen molar-refractivity contribution in [3.63, 3.8) is 0 Å². The number of benzene rings is 4. The summed E-state index contributed by atoms with van der Waals surface area (Å²) in [6.07, 6.45) is 0. The molecule has 6 nitrogen and oxygen atoms in total. The summed E-state index contributed by atoms with van der Waals surface area (Å²) >= 11 is 0. The molecule has 0 fully saturated rings. The van der Waals surface area contributed by atoms with Gasteiger partial charge in [0.05, 0.1) is 11.1 Å². The highest BCUT2D eigenvalue weighted by atomic mass is 19.1. The van der Waals surface area contributed by atoms with Crippen LogP contribution in [-0.2, 0) is 6.61 Å². The summed E-state index contributed by atoms with van der Waals surface area (Å²) < 4.78 is 33.3. The molecule has 0 aliphatic rings. The van der Waals surface area contributed by atoms with Gasteiger partial charge in [0, 0.05) is 11.1 Å². The number of nitrogens with zero attached hydrogens (tertiary/aromatic N) is 1. The van der Waals surface area contributed by atoms with Crippen LogP contribution in [0.3, 0.4) is 0 Å². The topological polar surface area (TPSA) is 79.0 Å². The van der Waals surface area contributed by atoms with Crippen LogP contribution in [-0.4, -0.2) is 16.2 Å². The van der Waals surface area contributed by atoms with Crippen molar-refractivity contribution in [2.75, 3.05) is 10.6 Å². The Kier molecular flexibility index (Phi) is 6.09. The molecule has 0 aliphatic carbocycles. The molecule has 1 heterocycles. The molecule has 0 saturated heterocycles. The number of hydrogen-bond donors (Lipinski definition) is 3. The highest BCUT2D eigenvalue weighted by Gasteiger charge is 2.13. The summed E-state index contributed by atoms with van der Waals surface area (Å²) in [5, 5.41) is 13.1. The number of aromatic amines is 1. The molecule has 5 rings (SSSR count). The lowest BCUT2D eigenvalue weighted by Gasteiger charge is -2.09. The van der Waals surface area contributed by atoms with Crippen LogP contribution in [0.4, 0.5) is 25.1 Å². The molecule has 3 N–H and O–H groups in total. The number of carbonyl (C=O) groups is 1. The van der Waals surface area contributed by atoms with Crippen molar-refractivity contribution in [1.82, 2.24) is 10.2 Å². The number of ether oxygens (including phenoxy) is 1. The van der Waals surface area contributed by atoms with E-state index in [1.54, 1.807) is 18.2 Å². The first-order chi connectivity index (χ1) is 17.1. The third kappa shape index (κ3) is 4.96. The van der Waals surface area contributed by atoms with E-state index in [4.69, 9.17) is 4.74 Å². The molecule has 0 unspecified atom stereocenters. The molecule has 2 amide bonds. The summed E-state index contributed by atoms with van der Waals surface area (Å²) in [6, 6.07) is 25.6. The van der Waals surface area contributed by atoms with Crippen LogP contribution in [0.5, 0.6) is 5.75 Å². The van der Waals surface area contributed by atoms with Gasteiger partial charge in [0.2, 0.25) is 0 Å². The summed E-state index contributed by atoms with van der Waals surface area (Å²) in [4.78, 5) is 12.6. The number of carbonyl (C=O) groups excluding carboxylic acids is 1. The zero-order valence-corrected chi connectivity index (χ0v) is 18.4. The fraction of sp³-hybridized carbons (Fsp3) is 0.0370. The van der Waals surface area contributed by atoms with E-state index in [0.29, 0.717) is 28.2 Å². The second-order valence-corrected chi connectivity index (χ2v) is 7.79. The second-order valence-electron chi connectivity index (χ2n) is 7.79. The molecule has 0 radical (unpaired) electrons. The van der Waals surface area contributed by atoms with Gasteiger partial charge in [-0.05, 0) is 53.6 Å². The summed E-state index contributed by atoms with van der Waals surface area (Å²) in [6.45, 7) is -0.274. The van der Waals surface area contributed by atoms with Crippen LogP contribution in [0.25, 0.3) is 22.0 Å². The molecule has 5 aromatic rings. The summed E-state index contributed by atoms with van der Waals surface area (Å²) in [7, 11) is 0. The van der Waals surface area contributed by atoms with Gasteiger partial charge < -0.3 is 10.1 Å². The quantitative estimate of drug-likeness (QED) is 0.257. The van der Waals surface area contributed by atoms with Crippen molar-refractivity contribution >= 4 is 28.4 Å². The Hall–Kier alpha value is -4.72. The van der Waals surface area contributed by atoms with E-state index < -0.39 is 17.7 Å². The van der Waals surface area contributed by atoms with E-state index in [1.165, 1.54) is 18.2 Å². The van der Waals surface area contributed by atoms with Crippen molar-refractivity contribution in [2.45, 2.75) is 6.61 Å².